The Hall–Kier alpha value is -3.72. The van der Waals surface area contributed by atoms with E-state index in [0.29, 0.717) is 34.9 Å². The van der Waals surface area contributed by atoms with E-state index in [9.17, 15) is 4.79 Å². The number of fused-ring (bicyclic) bond motifs is 2. The van der Waals surface area contributed by atoms with Crippen molar-refractivity contribution in [3.63, 3.8) is 0 Å². The molecule has 1 saturated carbocycles. The van der Waals surface area contributed by atoms with Crippen molar-refractivity contribution >= 4 is 10.9 Å². The molecule has 4 aromatic rings. The first kappa shape index (κ1) is 21.8. The number of nitrogens with zero attached hydrogens (tertiary/aromatic N) is 5. The number of hydrogen-bond donors (Lipinski definition) is 1. The molecule has 1 N–H and O–H groups in total. The Morgan fingerprint density at radius 3 is 2.66 bits per heavy atom. The Labute approximate surface area is 202 Å². The number of aromatic nitrogens is 5. The van der Waals surface area contributed by atoms with Gasteiger partial charge in [0.25, 0.3) is 5.56 Å². The van der Waals surface area contributed by atoms with Gasteiger partial charge in [0.05, 0.1) is 11.6 Å². The van der Waals surface area contributed by atoms with Crippen molar-refractivity contribution in [1.29, 1.82) is 0 Å². The number of nitrogens with one attached hydrogen (secondary N) is 1. The van der Waals surface area contributed by atoms with Crippen LogP contribution in [0.15, 0.2) is 53.3 Å². The molecule has 1 unspecified atom stereocenters. The Morgan fingerprint density at radius 2 is 1.89 bits per heavy atom. The van der Waals surface area contributed by atoms with Gasteiger partial charge in [0.15, 0.2) is 17.3 Å². The summed E-state index contributed by atoms with van der Waals surface area (Å²) in [5.41, 5.74) is 2.33. The van der Waals surface area contributed by atoms with Gasteiger partial charge in [0, 0.05) is 23.6 Å². The maximum absolute atomic E-state index is 13.5. The van der Waals surface area contributed by atoms with Crippen molar-refractivity contribution in [3.05, 3.63) is 75.8 Å². The summed E-state index contributed by atoms with van der Waals surface area (Å²) in [4.78, 5) is 18.9. The number of pyridine rings is 1. The number of ether oxygens (including phenoxy) is 2. The van der Waals surface area contributed by atoms with Crippen LogP contribution in [0.1, 0.15) is 61.6 Å². The van der Waals surface area contributed by atoms with Gasteiger partial charge in [-0.2, -0.15) is 0 Å². The molecule has 180 valence electrons. The van der Waals surface area contributed by atoms with Crippen molar-refractivity contribution < 1.29 is 9.47 Å². The van der Waals surface area contributed by atoms with Crippen LogP contribution >= 0.6 is 0 Å². The zero-order chi connectivity index (χ0) is 23.8. The number of H-pyrrole nitrogens is 1. The lowest BCUT2D eigenvalue weighted by atomic mass is 10.0. The van der Waals surface area contributed by atoms with Gasteiger partial charge in [-0.3, -0.25) is 9.69 Å². The molecule has 0 bridgehead atoms. The van der Waals surface area contributed by atoms with Crippen LogP contribution in [0.2, 0.25) is 0 Å². The van der Waals surface area contributed by atoms with Gasteiger partial charge in [-0.1, -0.05) is 50.1 Å². The molecule has 1 aliphatic carbocycles. The first-order chi connectivity index (χ1) is 17.2. The van der Waals surface area contributed by atoms with Crippen LogP contribution in [0.25, 0.3) is 10.9 Å². The van der Waals surface area contributed by atoms with Crippen LogP contribution in [0.3, 0.4) is 0 Å². The summed E-state index contributed by atoms with van der Waals surface area (Å²) in [6, 6.07) is 15.8. The van der Waals surface area contributed by atoms with E-state index >= 15 is 0 Å². The van der Waals surface area contributed by atoms with E-state index in [-0.39, 0.29) is 18.4 Å². The number of benzene rings is 2. The van der Waals surface area contributed by atoms with Crippen molar-refractivity contribution in [3.8, 4) is 11.5 Å². The molecule has 2 aromatic carbocycles. The van der Waals surface area contributed by atoms with Gasteiger partial charge >= 0.3 is 0 Å². The maximum atomic E-state index is 13.5. The molecule has 0 radical (unpaired) electrons. The fourth-order valence-electron chi connectivity index (χ4n) is 5.31. The maximum Gasteiger partial charge on any atom is 0.253 e. The number of tetrazole rings is 1. The topological polar surface area (TPSA) is 98.2 Å². The molecule has 0 saturated heterocycles. The highest BCUT2D eigenvalue weighted by Crippen LogP contribution is 2.37. The van der Waals surface area contributed by atoms with Gasteiger partial charge in [0.1, 0.15) is 6.04 Å². The molecule has 1 aliphatic heterocycles. The molecular weight excluding hydrogens is 444 g/mol. The minimum absolute atomic E-state index is 0.158. The normalized spacial score (nSPS) is 16.4. The molecule has 3 heterocycles. The average molecular weight is 473 g/mol. The predicted octanol–water partition coefficient (Wildman–Crippen LogP) is 3.97. The SMILES string of the molecule is CCN(Cc1ccccc1)C(c1cc2cc3c(cc2[nH]c1=O)OCO3)c1nnnn1C1CCCC1. The molecule has 0 spiro atoms. The van der Waals surface area contributed by atoms with E-state index in [1.165, 1.54) is 18.4 Å². The van der Waals surface area contributed by atoms with Crippen LogP contribution < -0.4 is 15.0 Å². The van der Waals surface area contributed by atoms with Gasteiger partial charge in [-0.15, -0.1) is 5.10 Å². The second-order valence-corrected chi connectivity index (χ2v) is 9.22. The summed E-state index contributed by atoms with van der Waals surface area (Å²) in [6.07, 6.45) is 4.43. The van der Waals surface area contributed by atoms with Crippen LogP contribution in [-0.2, 0) is 6.54 Å². The number of hydrogen-bond acceptors (Lipinski definition) is 7. The Kier molecular flexibility index (Phi) is 5.69. The molecular formula is C26H28N6O3. The highest BCUT2D eigenvalue weighted by molar-refractivity contribution is 5.83. The summed E-state index contributed by atoms with van der Waals surface area (Å²) in [7, 11) is 0. The Balaban J connectivity index is 1.50. The van der Waals surface area contributed by atoms with Crippen LogP contribution in [-0.4, -0.2) is 43.4 Å². The third-order valence-corrected chi connectivity index (χ3v) is 7.09. The largest absolute Gasteiger partial charge is 0.454 e. The fourth-order valence-corrected chi connectivity index (χ4v) is 5.31. The van der Waals surface area contributed by atoms with Gasteiger partial charge < -0.3 is 14.5 Å². The molecule has 0 amide bonds. The van der Waals surface area contributed by atoms with E-state index in [1.807, 2.05) is 41.1 Å². The van der Waals surface area contributed by atoms with Crippen LogP contribution in [0.4, 0.5) is 0 Å². The Morgan fingerprint density at radius 1 is 1.11 bits per heavy atom. The molecule has 35 heavy (non-hydrogen) atoms. The number of aromatic amines is 1. The monoisotopic (exact) mass is 472 g/mol. The third kappa shape index (κ3) is 4.05. The summed E-state index contributed by atoms with van der Waals surface area (Å²) in [5, 5.41) is 13.8. The molecule has 1 fully saturated rings. The van der Waals surface area contributed by atoms with E-state index in [4.69, 9.17) is 9.47 Å². The Bertz CT molecular complexity index is 1390. The van der Waals surface area contributed by atoms with E-state index < -0.39 is 6.04 Å². The minimum atomic E-state index is -0.408. The van der Waals surface area contributed by atoms with Crippen molar-refractivity contribution in [1.82, 2.24) is 30.1 Å². The highest BCUT2D eigenvalue weighted by Gasteiger charge is 2.33. The first-order valence-electron chi connectivity index (χ1n) is 12.2. The first-order valence-corrected chi connectivity index (χ1v) is 12.2. The molecule has 9 nitrogen and oxygen atoms in total. The molecule has 1 atom stereocenters. The van der Waals surface area contributed by atoms with Crippen molar-refractivity contribution in [2.75, 3.05) is 13.3 Å². The molecule has 2 aromatic heterocycles. The summed E-state index contributed by atoms with van der Waals surface area (Å²) < 4.78 is 13.0. The van der Waals surface area contributed by atoms with E-state index in [1.54, 1.807) is 0 Å². The third-order valence-electron chi connectivity index (χ3n) is 7.09. The van der Waals surface area contributed by atoms with Crippen LogP contribution in [0.5, 0.6) is 11.5 Å². The lowest BCUT2D eigenvalue weighted by molar-refractivity contribution is 0.174. The molecule has 9 heteroatoms. The van der Waals surface area contributed by atoms with Gasteiger partial charge in [-0.05, 0) is 47.5 Å². The predicted molar refractivity (Wildman–Crippen MR) is 130 cm³/mol. The van der Waals surface area contributed by atoms with Gasteiger partial charge in [0.2, 0.25) is 6.79 Å². The standard InChI is InChI=1S/C26H28N6O3/c1-2-31(15-17-8-4-3-5-9-17)24(25-28-29-30-32(25)19-10-6-7-11-19)20-12-18-13-22-23(35-16-34-22)14-21(18)27-26(20)33/h3-5,8-9,12-14,19,24H,2,6-7,10-11,15-16H2,1H3,(H,27,33). The zero-order valence-electron chi connectivity index (χ0n) is 19.7. The summed E-state index contributed by atoms with van der Waals surface area (Å²) in [5.74, 6) is 2.03. The second-order valence-electron chi connectivity index (χ2n) is 9.22. The lowest BCUT2D eigenvalue weighted by Gasteiger charge is -2.30. The summed E-state index contributed by atoms with van der Waals surface area (Å²) in [6.45, 7) is 3.67. The fraction of sp³-hybridized carbons (Fsp3) is 0.385. The summed E-state index contributed by atoms with van der Waals surface area (Å²) >= 11 is 0. The van der Waals surface area contributed by atoms with Crippen LogP contribution in [0, 0.1) is 0 Å². The second kappa shape index (κ2) is 9.14. The zero-order valence-corrected chi connectivity index (χ0v) is 19.7. The van der Waals surface area contributed by atoms with Crippen molar-refractivity contribution in [2.45, 2.75) is 51.2 Å². The average Bonchev–Trinajstić information content (AvgIpc) is 3.64. The van der Waals surface area contributed by atoms with Gasteiger partial charge in [-0.25, -0.2) is 4.68 Å². The highest BCUT2D eigenvalue weighted by atomic mass is 16.7. The quantitative estimate of drug-likeness (QED) is 0.435. The van der Waals surface area contributed by atoms with E-state index in [0.717, 1.165) is 24.8 Å². The minimum Gasteiger partial charge on any atom is -0.454 e. The van der Waals surface area contributed by atoms with E-state index in [2.05, 4.69) is 44.5 Å². The molecule has 6 rings (SSSR count). The lowest BCUT2D eigenvalue weighted by Crippen LogP contribution is -2.35. The smallest absolute Gasteiger partial charge is 0.253 e. The molecule has 2 aliphatic rings. The van der Waals surface area contributed by atoms with Crippen molar-refractivity contribution in [2.24, 2.45) is 0 Å². The number of rotatable bonds is 7.